The fourth-order valence-electron chi connectivity index (χ4n) is 1.79. The molecule has 0 saturated heterocycles. The van der Waals surface area contributed by atoms with E-state index in [1.54, 1.807) is 13.3 Å². The van der Waals surface area contributed by atoms with E-state index in [4.69, 9.17) is 27.9 Å². The summed E-state index contributed by atoms with van der Waals surface area (Å²) < 4.78 is 33.3. The van der Waals surface area contributed by atoms with Gasteiger partial charge in [-0.25, -0.2) is 22.6 Å². The number of carbonyl (C=O) groups is 1. The van der Waals surface area contributed by atoms with Crippen molar-refractivity contribution in [2.45, 2.75) is 10.1 Å². The van der Waals surface area contributed by atoms with Crippen molar-refractivity contribution in [2.24, 2.45) is 7.05 Å². The zero-order chi connectivity index (χ0) is 19.3. The van der Waals surface area contributed by atoms with Crippen LogP contribution in [0.2, 0.25) is 0 Å². The number of ether oxygens (including phenoxy) is 1. The number of thioether (sulfide) groups is 1. The van der Waals surface area contributed by atoms with Crippen molar-refractivity contribution in [3.63, 3.8) is 0 Å². The second-order valence-electron chi connectivity index (χ2n) is 4.57. The molecule has 0 fully saturated rings. The number of nitrogens with zero attached hydrogens (tertiary/aromatic N) is 3. The van der Waals surface area contributed by atoms with Crippen molar-refractivity contribution in [1.82, 2.24) is 19.5 Å². The number of sulfonamides is 1. The zero-order valence-corrected chi connectivity index (χ0v) is 16.6. The van der Waals surface area contributed by atoms with E-state index < -0.39 is 16.1 Å². The lowest BCUT2D eigenvalue weighted by Gasteiger charge is -2.11. The summed E-state index contributed by atoms with van der Waals surface area (Å²) in [7, 11) is -2.62. The molecule has 9 nitrogen and oxygen atoms in total. The van der Waals surface area contributed by atoms with E-state index in [0.717, 1.165) is 5.54 Å². The van der Waals surface area contributed by atoms with Gasteiger partial charge in [-0.3, -0.25) is 5.32 Å². The number of nitrogens with one attached hydrogen (secondary N) is 2. The third-order valence-corrected chi connectivity index (χ3v) is 5.38. The topological polar surface area (TPSA) is 115 Å². The number of aromatic nitrogens is 3. The summed E-state index contributed by atoms with van der Waals surface area (Å²) in [5.41, 5.74) is 0.932. The van der Waals surface area contributed by atoms with Gasteiger partial charge in [0.25, 0.3) is 16.0 Å². The first-order valence-corrected chi connectivity index (χ1v) is 10.3. The summed E-state index contributed by atoms with van der Waals surface area (Å²) >= 11 is 12.4. The second kappa shape index (κ2) is 8.62. The van der Waals surface area contributed by atoms with Gasteiger partial charge in [0.1, 0.15) is 10.6 Å². The SMILES string of the molecule is CSc1nc(NC(=O)NS(=O)(=O)c2ccccc2O/C(Cl)=C/Cl)nn1C. The largest absolute Gasteiger partial charge is 0.443 e. The Morgan fingerprint density at radius 1 is 1.38 bits per heavy atom. The average Bonchev–Trinajstić information content (AvgIpc) is 2.93. The number of aryl methyl sites for hydroxylation is 1. The van der Waals surface area contributed by atoms with E-state index in [-0.39, 0.29) is 21.8 Å². The summed E-state index contributed by atoms with van der Waals surface area (Å²) in [6.45, 7) is 0. The lowest BCUT2D eigenvalue weighted by molar-refractivity contribution is 0.256. The number of para-hydroxylation sites is 1. The van der Waals surface area contributed by atoms with Crippen LogP contribution in [-0.4, -0.2) is 35.5 Å². The molecule has 0 aliphatic rings. The Labute approximate surface area is 163 Å². The number of anilines is 1. The first-order valence-electron chi connectivity index (χ1n) is 6.78. The van der Waals surface area contributed by atoms with Crippen molar-refractivity contribution < 1.29 is 17.9 Å². The first-order chi connectivity index (χ1) is 12.3. The average molecular weight is 438 g/mol. The quantitative estimate of drug-likeness (QED) is 0.526. The Balaban J connectivity index is 2.19. The highest BCUT2D eigenvalue weighted by Crippen LogP contribution is 2.26. The van der Waals surface area contributed by atoms with E-state index in [1.165, 1.54) is 40.7 Å². The smallest absolute Gasteiger partial charge is 0.335 e. The van der Waals surface area contributed by atoms with Crippen LogP contribution < -0.4 is 14.8 Å². The van der Waals surface area contributed by atoms with Crippen molar-refractivity contribution in [3.05, 3.63) is 35.0 Å². The van der Waals surface area contributed by atoms with Gasteiger partial charge in [-0.15, -0.1) is 5.10 Å². The minimum absolute atomic E-state index is 0.0396. The molecule has 140 valence electrons. The standard InChI is InChI=1S/C13H13Cl2N5O4S2/c1-20-13(25-2)17-11(18-20)16-12(21)19-26(22,23)9-6-4-3-5-8(9)24-10(15)7-14/h3-7H,1-2H3,(H2,16,18,19,21)/b10-7+. The van der Waals surface area contributed by atoms with Crippen LogP contribution in [0.25, 0.3) is 0 Å². The molecule has 2 rings (SSSR count). The highest BCUT2D eigenvalue weighted by Gasteiger charge is 2.23. The summed E-state index contributed by atoms with van der Waals surface area (Å²) in [5, 5.41) is 6.51. The van der Waals surface area contributed by atoms with Gasteiger partial charge in [0.15, 0.2) is 5.16 Å². The van der Waals surface area contributed by atoms with Gasteiger partial charge in [0.2, 0.25) is 5.22 Å². The number of rotatable bonds is 6. The lowest BCUT2D eigenvalue weighted by Crippen LogP contribution is -2.34. The molecule has 1 heterocycles. The Hall–Kier alpha value is -1.95. The van der Waals surface area contributed by atoms with Crippen LogP contribution in [0.15, 0.2) is 45.1 Å². The summed E-state index contributed by atoms with van der Waals surface area (Å²) in [4.78, 5) is 15.7. The molecule has 26 heavy (non-hydrogen) atoms. The molecule has 0 radical (unpaired) electrons. The first kappa shape index (κ1) is 20.4. The Bertz CT molecular complexity index is 946. The maximum Gasteiger partial charge on any atom is 0.335 e. The molecule has 2 amide bonds. The number of amides is 2. The minimum Gasteiger partial charge on any atom is -0.443 e. The molecule has 0 saturated carbocycles. The molecule has 0 aliphatic heterocycles. The molecular weight excluding hydrogens is 425 g/mol. The number of hydrogen-bond donors (Lipinski definition) is 2. The molecule has 0 bridgehead atoms. The Morgan fingerprint density at radius 2 is 2.08 bits per heavy atom. The fraction of sp³-hybridized carbons (Fsp3) is 0.154. The van der Waals surface area contributed by atoms with Gasteiger partial charge in [-0.05, 0) is 30.0 Å². The number of halogens is 2. The van der Waals surface area contributed by atoms with Gasteiger partial charge in [-0.1, -0.05) is 35.5 Å². The fourth-order valence-corrected chi connectivity index (χ4v) is 3.44. The van der Waals surface area contributed by atoms with Crippen molar-refractivity contribution >= 4 is 57.0 Å². The molecular formula is C13H13Cl2N5O4S2. The van der Waals surface area contributed by atoms with Crippen molar-refractivity contribution in [2.75, 3.05) is 11.6 Å². The highest BCUT2D eigenvalue weighted by atomic mass is 35.5. The van der Waals surface area contributed by atoms with Crippen molar-refractivity contribution in [3.8, 4) is 5.75 Å². The van der Waals surface area contributed by atoms with Crippen LogP contribution in [0.3, 0.4) is 0 Å². The summed E-state index contributed by atoms with van der Waals surface area (Å²) in [6.07, 6.45) is 1.79. The monoisotopic (exact) mass is 437 g/mol. The van der Waals surface area contributed by atoms with E-state index in [0.29, 0.717) is 5.16 Å². The van der Waals surface area contributed by atoms with Crippen LogP contribution in [0.4, 0.5) is 10.7 Å². The zero-order valence-electron chi connectivity index (χ0n) is 13.4. The lowest BCUT2D eigenvalue weighted by atomic mass is 10.3. The molecule has 2 N–H and O–H groups in total. The van der Waals surface area contributed by atoms with Crippen LogP contribution in [-0.2, 0) is 17.1 Å². The third kappa shape index (κ3) is 5.04. The molecule has 0 aliphatic carbocycles. The van der Waals surface area contributed by atoms with E-state index in [9.17, 15) is 13.2 Å². The van der Waals surface area contributed by atoms with Crippen LogP contribution in [0.5, 0.6) is 5.75 Å². The number of urea groups is 1. The molecule has 2 aromatic rings. The molecule has 1 aromatic heterocycles. The maximum absolute atomic E-state index is 12.5. The second-order valence-corrected chi connectivity index (χ2v) is 7.58. The molecule has 0 spiro atoms. The predicted molar refractivity (Wildman–Crippen MR) is 99.0 cm³/mol. The van der Waals surface area contributed by atoms with E-state index >= 15 is 0 Å². The van der Waals surface area contributed by atoms with Gasteiger partial charge in [0.05, 0.1) is 5.54 Å². The van der Waals surface area contributed by atoms with Gasteiger partial charge in [0, 0.05) is 7.05 Å². The summed E-state index contributed by atoms with van der Waals surface area (Å²) in [5.74, 6) is -0.141. The number of hydrogen-bond acceptors (Lipinski definition) is 7. The highest BCUT2D eigenvalue weighted by molar-refractivity contribution is 7.98. The normalized spacial score (nSPS) is 11.9. The Kier molecular flexibility index (Phi) is 6.75. The predicted octanol–water partition coefficient (Wildman–Crippen LogP) is 2.70. The van der Waals surface area contributed by atoms with Crippen molar-refractivity contribution in [1.29, 1.82) is 0 Å². The summed E-state index contributed by atoms with van der Waals surface area (Å²) in [6, 6.07) is 4.57. The maximum atomic E-state index is 12.5. The van der Waals surface area contributed by atoms with Crippen LogP contribution in [0.1, 0.15) is 0 Å². The van der Waals surface area contributed by atoms with E-state index in [1.807, 2.05) is 4.72 Å². The van der Waals surface area contributed by atoms with Gasteiger partial charge >= 0.3 is 6.03 Å². The van der Waals surface area contributed by atoms with Gasteiger partial charge in [-0.2, -0.15) is 4.98 Å². The number of carbonyl (C=O) groups excluding carboxylic acids is 1. The van der Waals surface area contributed by atoms with Crippen LogP contribution in [0, 0.1) is 0 Å². The van der Waals surface area contributed by atoms with E-state index in [2.05, 4.69) is 15.4 Å². The molecule has 0 atom stereocenters. The molecule has 1 aromatic carbocycles. The molecule has 13 heteroatoms. The number of benzene rings is 1. The third-order valence-electron chi connectivity index (χ3n) is 2.79. The minimum atomic E-state index is -4.26. The Morgan fingerprint density at radius 3 is 2.69 bits per heavy atom. The van der Waals surface area contributed by atoms with Crippen LogP contribution >= 0.6 is 35.0 Å². The van der Waals surface area contributed by atoms with Gasteiger partial charge < -0.3 is 4.74 Å². The molecule has 0 unspecified atom stereocenters.